The first kappa shape index (κ1) is 15.3. The smallest absolute Gasteiger partial charge is 0.0779 e. The van der Waals surface area contributed by atoms with Crippen molar-refractivity contribution in [3.63, 3.8) is 0 Å². The van der Waals surface area contributed by atoms with Crippen LogP contribution < -0.4 is 11.1 Å². The number of hydrogen-bond acceptors (Lipinski definition) is 3. The zero-order valence-electron chi connectivity index (χ0n) is 13.2. The molecule has 0 aromatic carbocycles. The van der Waals surface area contributed by atoms with E-state index in [0.29, 0.717) is 17.4 Å². The lowest BCUT2D eigenvalue weighted by Gasteiger charge is -2.47. The predicted octanol–water partition coefficient (Wildman–Crippen LogP) is 2.54. The van der Waals surface area contributed by atoms with Crippen LogP contribution in [0.15, 0.2) is 0 Å². The van der Waals surface area contributed by atoms with Crippen LogP contribution >= 0.6 is 0 Å². The van der Waals surface area contributed by atoms with Crippen LogP contribution in [0.4, 0.5) is 0 Å². The minimum atomic E-state index is 0.0703. The van der Waals surface area contributed by atoms with Gasteiger partial charge in [-0.25, -0.2) is 0 Å². The summed E-state index contributed by atoms with van der Waals surface area (Å²) in [4.78, 5) is 0. The first-order valence-electron chi connectivity index (χ1n) is 7.95. The van der Waals surface area contributed by atoms with Crippen LogP contribution in [0.5, 0.6) is 0 Å². The fourth-order valence-corrected chi connectivity index (χ4v) is 3.79. The van der Waals surface area contributed by atoms with Gasteiger partial charge in [-0.1, -0.05) is 20.8 Å². The lowest BCUT2D eigenvalue weighted by molar-refractivity contribution is 0.0129. The molecular weight excluding hydrogens is 236 g/mol. The fourth-order valence-electron chi connectivity index (χ4n) is 3.79. The summed E-state index contributed by atoms with van der Waals surface area (Å²) in [5.74, 6) is 1.33. The molecule has 0 radical (unpaired) electrons. The number of nitrogens with one attached hydrogen (secondary N) is 1. The molecule has 0 aromatic heterocycles. The van der Waals surface area contributed by atoms with Crippen molar-refractivity contribution in [2.75, 3.05) is 19.7 Å². The molecule has 2 aliphatic rings. The van der Waals surface area contributed by atoms with Gasteiger partial charge in [0, 0.05) is 19.2 Å². The second kappa shape index (κ2) is 5.71. The summed E-state index contributed by atoms with van der Waals surface area (Å²) in [5, 5.41) is 3.66. The van der Waals surface area contributed by atoms with E-state index < -0.39 is 0 Å². The summed E-state index contributed by atoms with van der Waals surface area (Å²) in [7, 11) is 0. The van der Waals surface area contributed by atoms with Crippen LogP contribution in [0, 0.1) is 17.3 Å². The van der Waals surface area contributed by atoms with Crippen LogP contribution in [0.25, 0.3) is 0 Å². The molecule has 19 heavy (non-hydrogen) atoms. The summed E-state index contributed by atoms with van der Waals surface area (Å²) in [6.07, 6.45) is 4.82. The van der Waals surface area contributed by atoms with Gasteiger partial charge in [0.15, 0.2) is 0 Å². The van der Waals surface area contributed by atoms with Gasteiger partial charge in [0.1, 0.15) is 0 Å². The van der Waals surface area contributed by atoms with Gasteiger partial charge in [-0.2, -0.15) is 0 Å². The molecule has 4 atom stereocenters. The van der Waals surface area contributed by atoms with Gasteiger partial charge in [-0.05, 0) is 56.4 Å². The van der Waals surface area contributed by atoms with E-state index in [2.05, 4.69) is 33.0 Å². The molecule has 0 aromatic rings. The minimum absolute atomic E-state index is 0.0703. The van der Waals surface area contributed by atoms with E-state index in [9.17, 15) is 0 Å². The first-order valence-corrected chi connectivity index (χ1v) is 7.95. The zero-order chi connectivity index (χ0) is 14.1. The van der Waals surface area contributed by atoms with E-state index in [4.69, 9.17) is 10.5 Å². The summed E-state index contributed by atoms with van der Waals surface area (Å²) >= 11 is 0. The van der Waals surface area contributed by atoms with E-state index in [1.165, 1.54) is 25.7 Å². The van der Waals surface area contributed by atoms with Crippen LogP contribution in [0.2, 0.25) is 0 Å². The molecule has 1 aliphatic carbocycles. The van der Waals surface area contributed by atoms with Crippen LogP contribution in [0.3, 0.4) is 0 Å². The van der Waals surface area contributed by atoms with Crippen molar-refractivity contribution in [2.45, 2.75) is 65.0 Å². The Labute approximate surface area is 118 Å². The zero-order valence-corrected chi connectivity index (χ0v) is 13.2. The Balaban J connectivity index is 1.82. The van der Waals surface area contributed by atoms with Gasteiger partial charge in [0.25, 0.3) is 0 Å². The van der Waals surface area contributed by atoms with E-state index in [0.717, 1.165) is 25.6 Å². The minimum Gasteiger partial charge on any atom is -0.374 e. The molecule has 1 saturated heterocycles. The van der Waals surface area contributed by atoms with Crippen molar-refractivity contribution < 1.29 is 4.74 Å². The maximum Gasteiger partial charge on any atom is 0.0779 e. The Kier molecular flexibility index (Phi) is 4.59. The monoisotopic (exact) mass is 268 g/mol. The van der Waals surface area contributed by atoms with Crippen LogP contribution in [0.1, 0.15) is 53.4 Å². The van der Waals surface area contributed by atoms with Gasteiger partial charge in [0.05, 0.1) is 5.60 Å². The Morgan fingerprint density at radius 3 is 2.63 bits per heavy atom. The highest BCUT2D eigenvalue weighted by molar-refractivity contribution is 4.94. The average Bonchev–Trinajstić information content (AvgIpc) is 2.77. The van der Waals surface area contributed by atoms with Crippen molar-refractivity contribution >= 4 is 0 Å². The summed E-state index contributed by atoms with van der Waals surface area (Å²) < 4.78 is 5.84. The highest BCUT2D eigenvalue weighted by Gasteiger charge is 2.41. The van der Waals surface area contributed by atoms with Crippen molar-refractivity contribution in [2.24, 2.45) is 23.0 Å². The number of nitrogens with two attached hydrogens (primary N) is 1. The highest BCUT2D eigenvalue weighted by Crippen LogP contribution is 2.44. The Morgan fingerprint density at radius 1 is 1.26 bits per heavy atom. The van der Waals surface area contributed by atoms with Crippen molar-refractivity contribution in [1.82, 2.24) is 5.32 Å². The van der Waals surface area contributed by atoms with E-state index in [-0.39, 0.29) is 5.60 Å². The lowest BCUT2D eigenvalue weighted by atomic mass is 9.61. The largest absolute Gasteiger partial charge is 0.374 e. The Morgan fingerprint density at radius 2 is 2.00 bits per heavy atom. The normalized spacial score (nSPS) is 42.5. The molecule has 3 heteroatoms. The molecule has 4 unspecified atom stereocenters. The van der Waals surface area contributed by atoms with Crippen molar-refractivity contribution in [1.29, 1.82) is 0 Å². The maximum absolute atomic E-state index is 6.22. The molecule has 1 aliphatic heterocycles. The Hall–Kier alpha value is -0.120. The summed E-state index contributed by atoms with van der Waals surface area (Å²) in [6, 6.07) is 0.377. The van der Waals surface area contributed by atoms with E-state index in [1.807, 2.05) is 0 Å². The predicted molar refractivity (Wildman–Crippen MR) is 80.1 cm³/mol. The third kappa shape index (κ3) is 3.32. The molecule has 112 valence electrons. The van der Waals surface area contributed by atoms with Crippen molar-refractivity contribution in [3.8, 4) is 0 Å². The molecule has 0 amide bonds. The number of rotatable bonds is 4. The third-order valence-electron chi connectivity index (χ3n) is 5.91. The van der Waals surface area contributed by atoms with Gasteiger partial charge >= 0.3 is 0 Å². The second-order valence-corrected chi connectivity index (χ2v) is 7.58. The van der Waals surface area contributed by atoms with Gasteiger partial charge in [-0.15, -0.1) is 0 Å². The van der Waals surface area contributed by atoms with E-state index >= 15 is 0 Å². The van der Waals surface area contributed by atoms with Crippen LogP contribution in [-0.4, -0.2) is 31.3 Å². The summed E-state index contributed by atoms with van der Waals surface area (Å²) in [5.41, 5.74) is 6.63. The summed E-state index contributed by atoms with van der Waals surface area (Å²) in [6.45, 7) is 12.3. The maximum atomic E-state index is 6.22. The standard InChI is InChI=1S/C16H32N2O/c1-12-14(17)7-6-13(15(12,2)3)10-18-11-16(4)8-5-9-19-16/h12-14,18H,5-11,17H2,1-4H3. The molecule has 0 spiro atoms. The molecular formula is C16H32N2O. The van der Waals surface area contributed by atoms with Gasteiger partial charge < -0.3 is 15.8 Å². The first-order chi connectivity index (χ1) is 8.85. The quantitative estimate of drug-likeness (QED) is 0.824. The molecule has 0 bridgehead atoms. The SMILES string of the molecule is CC1C(N)CCC(CNCC2(C)CCCO2)C1(C)C. The van der Waals surface area contributed by atoms with Gasteiger partial charge in [0.2, 0.25) is 0 Å². The Bertz CT molecular complexity index is 297. The topological polar surface area (TPSA) is 47.3 Å². The molecule has 3 nitrogen and oxygen atoms in total. The molecule has 1 saturated carbocycles. The third-order valence-corrected chi connectivity index (χ3v) is 5.91. The molecule has 1 heterocycles. The lowest BCUT2D eigenvalue weighted by Crippen LogP contribution is -2.50. The molecule has 3 N–H and O–H groups in total. The van der Waals surface area contributed by atoms with E-state index in [1.54, 1.807) is 0 Å². The fraction of sp³-hybridized carbons (Fsp3) is 1.00. The average molecular weight is 268 g/mol. The molecule has 2 rings (SSSR count). The van der Waals surface area contributed by atoms with Crippen LogP contribution in [-0.2, 0) is 4.74 Å². The second-order valence-electron chi connectivity index (χ2n) is 7.58. The number of ether oxygens (including phenoxy) is 1. The molecule has 2 fully saturated rings. The number of hydrogen-bond donors (Lipinski definition) is 2. The van der Waals surface area contributed by atoms with Gasteiger partial charge in [-0.3, -0.25) is 0 Å². The highest BCUT2D eigenvalue weighted by atomic mass is 16.5. The van der Waals surface area contributed by atoms with Crippen molar-refractivity contribution in [3.05, 3.63) is 0 Å².